The highest BCUT2D eigenvalue weighted by molar-refractivity contribution is 6.02. The van der Waals surface area contributed by atoms with Gasteiger partial charge in [-0.05, 0) is 27.4 Å². The van der Waals surface area contributed by atoms with Crippen LogP contribution in [0.15, 0.2) is 5.16 Å². The molecule has 2 atom stereocenters. The second-order valence-electron chi connectivity index (χ2n) is 4.16. The summed E-state index contributed by atoms with van der Waals surface area (Å²) in [6.07, 6.45) is 0.510. The van der Waals surface area contributed by atoms with Crippen LogP contribution in [0.25, 0.3) is 0 Å². The van der Waals surface area contributed by atoms with Crippen LogP contribution in [-0.4, -0.2) is 48.5 Å². The predicted octanol–water partition coefficient (Wildman–Crippen LogP) is -0.175. The van der Waals surface area contributed by atoms with Gasteiger partial charge in [-0.1, -0.05) is 12.1 Å². The quantitative estimate of drug-likeness (QED) is 0.256. The normalized spacial score (nSPS) is 15.9. The summed E-state index contributed by atoms with van der Waals surface area (Å²) in [6, 6.07) is 0.0306. The van der Waals surface area contributed by atoms with Gasteiger partial charge in [0.2, 0.25) is 5.91 Å². The number of amidine groups is 1. The Morgan fingerprint density at radius 3 is 2.50 bits per heavy atom. The third-order valence-electron chi connectivity index (χ3n) is 2.22. The van der Waals surface area contributed by atoms with E-state index in [4.69, 9.17) is 10.9 Å². The van der Waals surface area contributed by atoms with E-state index in [2.05, 4.69) is 10.5 Å². The number of amides is 1. The van der Waals surface area contributed by atoms with Gasteiger partial charge in [-0.2, -0.15) is 0 Å². The molecule has 0 aliphatic carbocycles. The molecule has 94 valence electrons. The smallest absolute Gasteiger partial charge is 0.231 e. The number of nitrogens with zero attached hydrogens (tertiary/aromatic N) is 2. The number of rotatable bonds is 6. The highest BCUT2D eigenvalue weighted by Crippen LogP contribution is 2.03. The van der Waals surface area contributed by atoms with Crippen LogP contribution in [0, 0.1) is 5.92 Å². The Hall–Kier alpha value is -1.30. The maximum Gasteiger partial charge on any atom is 0.231 e. The van der Waals surface area contributed by atoms with Crippen LogP contribution in [0.2, 0.25) is 0 Å². The minimum Gasteiger partial charge on any atom is -0.409 e. The summed E-state index contributed by atoms with van der Waals surface area (Å²) in [5, 5.41) is 14.2. The summed E-state index contributed by atoms with van der Waals surface area (Å²) in [4.78, 5) is 13.7. The number of hydrogen-bond acceptors (Lipinski definition) is 4. The monoisotopic (exact) mass is 230 g/mol. The lowest BCUT2D eigenvalue weighted by molar-refractivity contribution is -0.123. The number of carbonyl (C=O) groups is 1. The van der Waals surface area contributed by atoms with Gasteiger partial charge in [0.25, 0.3) is 0 Å². The van der Waals surface area contributed by atoms with Crippen molar-refractivity contribution in [1.29, 1.82) is 0 Å². The van der Waals surface area contributed by atoms with E-state index in [1.807, 2.05) is 32.8 Å². The van der Waals surface area contributed by atoms with Crippen LogP contribution in [0.3, 0.4) is 0 Å². The second kappa shape index (κ2) is 7.05. The summed E-state index contributed by atoms with van der Waals surface area (Å²) >= 11 is 0. The van der Waals surface area contributed by atoms with Crippen LogP contribution < -0.4 is 11.1 Å². The van der Waals surface area contributed by atoms with Gasteiger partial charge in [-0.15, -0.1) is 0 Å². The van der Waals surface area contributed by atoms with E-state index < -0.39 is 5.92 Å². The fourth-order valence-electron chi connectivity index (χ4n) is 1.54. The summed E-state index contributed by atoms with van der Waals surface area (Å²) in [7, 11) is 3.87. The fraction of sp³-hybridized carbons (Fsp3) is 0.800. The summed E-state index contributed by atoms with van der Waals surface area (Å²) < 4.78 is 0. The van der Waals surface area contributed by atoms with E-state index in [1.165, 1.54) is 0 Å². The van der Waals surface area contributed by atoms with Gasteiger partial charge >= 0.3 is 0 Å². The van der Waals surface area contributed by atoms with Crippen LogP contribution in [0.5, 0.6) is 0 Å². The van der Waals surface area contributed by atoms with Gasteiger partial charge in [0.05, 0.1) is 5.92 Å². The molecule has 6 nitrogen and oxygen atoms in total. The molecule has 0 aliphatic heterocycles. The molecule has 0 saturated carbocycles. The van der Waals surface area contributed by atoms with Crippen molar-refractivity contribution in [3.05, 3.63) is 0 Å². The molecule has 0 saturated heterocycles. The van der Waals surface area contributed by atoms with Gasteiger partial charge in [-0.3, -0.25) is 4.79 Å². The van der Waals surface area contributed by atoms with Crippen molar-refractivity contribution in [2.24, 2.45) is 16.8 Å². The van der Waals surface area contributed by atoms with Crippen molar-refractivity contribution in [2.75, 3.05) is 20.6 Å². The molecule has 1 amide bonds. The number of nitrogens with one attached hydrogen (secondary N) is 1. The number of carbonyl (C=O) groups excluding carboxylic acids is 1. The van der Waals surface area contributed by atoms with Crippen LogP contribution in [-0.2, 0) is 4.79 Å². The van der Waals surface area contributed by atoms with E-state index in [9.17, 15) is 4.79 Å². The van der Waals surface area contributed by atoms with E-state index in [1.54, 1.807) is 0 Å². The predicted molar refractivity (Wildman–Crippen MR) is 63.3 cm³/mol. The summed E-state index contributed by atoms with van der Waals surface area (Å²) in [5.41, 5.74) is 5.43. The van der Waals surface area contributed by atoms with Gasteiger partial charge in [0.1, 0.15) is 0 Å². The summed E-state index contributed by atoms with van der Waals surface area (Å²) in [6.45, 7) is 4.48. The Kier molecular flexibility index (Phi) is 6.48. The van der Waals surface area contributed by atoms with Gasteiger partial charge in [0, 0.05) is 12.6 Å². The molecule has 0 rings (SSSR count). The topological polar surface area (TPSA) is 91.0 Å². The lowest BCUT2D eigenvalue weighted by Gasteiger charge is -2.21. The first kappa shape index (κ1) is 14.7. The third-order valence-corrected chi connectivity index (χ3v) is 2.22. The molecule has 0 aromatic carbocycles. The molecule has 16 heavy (non-hydrogen) atoms. The lowest BCUT2D eigenvalue weighted by Crippen LogP contribution is -2.45. The average Bonchev–Trinajstić information content (AvgIpc) is 2.16. The molecule has 0 bridgehead atoms. The molecule has 6 heteroatoms. The lowest BCUT2D eigenvalue weighted by atomic mass is 10.0. The molecule has 0 aromatic heterocycles. The zero-order chi connectivity index (χ0) is 12.7. The molecular formula is C10H22N4O2. The highest BCUT2D eigenvalue weighted by Gasteiger charge is 2.22. The molecule has 2 unspecified atom stereocenters. The molecular weight excluding hydrogens is 208 g/mol. The van der Waals surface area contributed by atoms with E-state index >= 15 is 0 Å². The maximum absolute atomic E-state index is 11.8. The molecule has 0 aliphatic rings. The van der Waals surface area contributed by atoms with Crippen molar-refractivity contribution in [2.45, 2.75) is 26.3 Å². The molecule has 0 aromatic rings. The minimum atomic E-state index is -0.561. The Morgan fingerprint density at radius 1 is 1.56 bits per heavy atom. The first-order valence-electron chi connectivity index (χ1n) is 5.34. The first-order valence-corrected chi connectivity index (χ1v) is 5.34. The Labute approximate surface area is 96.5 Å². The number of likely N-dealkylation sites (N-methyl/N-ethyl adjacent to an activating group) is 1. The van der Waals surface area contributed by atoms with E-state index in [0.717, 1.165) is 6.54 Å². The fourth-order valence-corrected chi connectivity index (χ4v) is 1.54. The molecule has 0 fully saturated rings. The van der Waals surface area contributed by atoms with Crippen molar-refractivity contribution in [3.63, 3.8) is 0 Å². The third kappa shape index (κ3) is 4.97. The molecule has 0 radical (unpaired) electrons. The Morgan fingerprint density at radius 2 is 2.12 bits per heavy atom. The molecule has 0 spiro atoms. The van der Waals surface area contributed by atoms with E-state index in [0.29, 0.717) is 6.42 Å². The van der Waals surface area contributed by atoms with Crippen molar-refractivity contribution in [3.8, 4) is 0 Å². The number of nitrogens with two attached hydrogens (primary N) is 1. The number of oxime groups is 1. The van der Waals surface area contributed by atoms with E-state index in [-0.39, 0.29) is 17.8 Å². The van der Waals surface area contributed by atoms with Crippen molar-refractivity contribution in [1.82, 2.24) is 10.2 Å². The van der Waals surface area contributed by atoms with Crippen LogP contribution in [0.4, 0.5) is 0 Å². The Bertz CT molecular complexity index is 253. The average molecular weight is 230 g/mol. The highest BCUT2D eigenvalue weighted by atomic mass is 16.4. The first-order chi connectivity index (χ1) is 7.42. The second-order valence-corrected chi connectivity index (χ2v) is 4.16. The van der Waals surface area contributed by atoms with Crippen LogP contribution >= 0.6 is 0 Å². The van der Waals surface area contributed by atoms with Gasteiger partial charge < -0.3 is 21.2 Å². The van der Waals surface area contributed by atoms with Gasteiger partial charge in [-0.25, -0.2) is 0 Å². The summed E-state index contributed by atoms with van der Waals surface area (Å²) in [5.74, 6) is -0.807. The standard InChI is InChI=1S/C10H22N4O2/c1-5-8(9(11)13-16)10(15)12-7(2)6-14(3)4/h7-8,16H,5-6H2,1-4H3,(H2,11,13)(H,12,15). The minimum absolute atomic E-state index is 0.0306. The maximum atomic E-state index is 11.8. The number of hydrogen-bond donors (Lipinski definition) is 3. The zero-order valence-corrected chi connectivity index (χ0v) is 10.4. The zero-order valence-electron chi connectivity index (χ0n) is 10.4. The SMILES string of the molecule is CCC(C(=O)NC(C)CN(C)C)C(N)=NO. The largest absolute Gasteiger partial charge is 0.409 e. The molecule has 4 N–H and O–H groups in total. The van der Waals surface area contributed by atoms with Crippen molar-refractivity contribution >= 4 is 11.7 Å². The molecule has 0 heterocycles. The Balaban J connectivity index is 4.32. The van der Waals surface area contributed by atoms with Gasteiger partial charge in [0.15, 0.2) is 5.84 Å². The van der Waals surface area contributed by atoms with Crippen molar-refractivity contribution < 1.29 is 10.0 Å². The van der Waals surface area contributed by atoms with Crippen LogP contribution in [0.1, 0.15) is 20.3 Å².